The van der Waals surface area contributed by atoms with Crippen LogP contribution in [0.25, 0.3) is 0 Å². The van der Waals surface area contributed by atoms with E-state index in [-0.39, 0.29) is 29.1 Å². The number of nitro groups is 1. The van der Waals surface area contributed by atoms with Gasteiger partial charge in [0.25, 0.3) is 5.69 Å². The highest BCUT2D eigenvalue weighted by Crippen LogP contribution is 2.64. The Bertz CT molecular complexity index is 1270. The van der Waals surface area contributed by atoms with E-state index in [1.807, 2.05) is 24.3 Å². The van der Waals surface area contributed by atoms with Crippen LogP contribution in [-0.4, -0.2) is 16.7 Å². The lowest BCUT2D eigenvalue weighted by Crippen LogP contribution is -2.51. The highest BCUT2D eigenvalue weighted by Gasteiger charge is 2.66. The van der Waals surface area contributed by atoms with Gasteiger partial charge >= 0.3 is 0 Å². The third-order valence-corrected chi connectivity index (χ3v) is 7.34. The Kier molecular flexibility index (Phi) is 3.41. The minimum absolute atomic E-state index is 0.145. The van der Waals surface area contributed by atoms with Crippen molar-refractivity contribution in [1.29, 1.82) is 0 Å². The van der Waals surface area contributed by atoms with Crippen LogP contribution in [-0.2, 0) is 15.0 Å². The van der Waals surface area contributed by atoms with Crippen molar-refractivity contribution in [2.24, 2.45) is 11.8 Å². The zero-order valence-electron chi connectivity index (χ0n) is 16.7. The van der Waals surface area contributed by atoms with Crippen molar-refractivity contribution < 1.29 is 14.5 Å². The molecule has 6 nitrogen and oxygen atoms in total. The van der Waals surface area contributed by atoms with Gasteiger partial charge in [0, 0.05) is 23.5 Å². The molecule has 1 heterocycles. The van der Waals surface area contributed by atoms with Crippen molar-refractivity contribution >= 4 is 23.2 Å². The molecule has 2 amide bonds. The highest BCUT2D eigenvalue weighted by atomic mass is 16.6. The van der Waals surface area contributed by atoms with E-state index >= 15 is 0 Å². The van der Waals surface area contributed by atoms with Crippen LogP contribution in [0.3, 0.4) is 0 Å². The molecule has 3 aromatic carbocycles. The van der Waals surface area contributed by atoms with Gasteiger partial charge in [0.1, 0.15) is 0 Å². The second kappa shape index (κ2) is 5.88. The molecule has 1 saturated heterocycles. The first-order valence-electron chi connectivity index (χ1n) is 10.3. The summed E-state index contributed by atoms with van der Waals surface area (Å²) in [4.78, 5) is 39.4. The number of carbonyl (C=O) groups excluding carboxylic acids is 2. The molecule has 1 fully saturated rings. The molecule has 0 N–H and O–H groups in total. The number of benzene rings is 3. The van der Waals surface area contributed by atoms with E-state index in [1.54, 1.807) is 6.07 Å². The standard InChI is InChI=1S/C25H18N2O4/c1-25-18-11-4-2-9-16(18)20(17-10-3-5-12-19(17)25)21-22(25)24(29)26(23(21)28)14-7-6-8-15(13-14)27(30)31/h2-13,20-22H,1H3. The molecule has 0 radical (unpaired) electrons. The Morgan fingerprint density at radius 3 is 2.10 bits per heavy atom. The Hall–Kier alpha value is -3.80. The molecular weight excluding hydrogens is 392 g/mol. The van der Waals surface area contributed by atoms with Gasteiger partial charge in [-0.1, -0.05) is 61.5 Å². The molecule has 4 aliphatic rings. The van der Waals surface area contributed by atoms with Crippen LogP contribution in [0.5, 0.6) is 0 Å². The zero-order chi connectivity index (χ0) is 21.5. The molecule has 152 valence electrons. The van der Waals surface area contributed by atoms with Crippen molar-refractivity contribution in [3.05, 3.63) is 105 Å². The summed E-state index contributed by atoms with van der Waals surface area (Å²) >= 11 is 0. The number of imide groups is 1. The molecule has 2 unspecified atom stereocenters. The number of non-ortho nitro benzene ring substituents is 1. The number of rotatable bonds is 2. The molecule has 0 aromatic heterocycles. The summed E-state index contributed by atoms with van der Waals surface area (Å²) in [6, 6.07) is 21.9. The van der Waals surface area contributed by atoms with Crippen molar-refractivity contribution in [3.63, 3.8) is 0 Å². The molecule has 7 rings (SSSR count). The Morgan fingerprint density at radius 1 is 0.871 bits per heavy atom. The third kappa shape index (κ3) is 2.06. The first kappa shape index (κ1) is 18.0. The molecule has 2 atom stereocenters. The SMILES string of the molecule is CC12c3ccccc3C(c3ccccc31)C1C(=O)N(c3cccc([N+](=O)[O-])c3)C(=O)C12. The fourth-order valence-electron chi connectivity index (χ4n) is 6.15. The predicted molar refractivity (Wildman–Crippen MR) is 114 cm³/mol. The maximum absolute atomic E-state index is 13.8. The zero-order valence-corrected chi connectivity index (χ0v) is 16.7. The molecule has 3 aromatic rings. The van der Waals surface area contributed by atoms with Gasteiger partial charge < -0.3 is 0 Å². The summed E-state index contributed by atoms with van der Waals surface area (Å²) in [5.41, 5.74) is 3.82. The topological polar surface area (TPSA) is 80.5 Å². The molecule has 3 aliphatic carbocycles. The number of anilines is 1. The second-order valence-corrected chi connectivity index (χ2v) is 8.65. The lowest BCUT2D eigenvalue weighted by molar-refractivity contribution is -0.384. The summed E-state index contributed by atoms with van der Waals surface area (Å²) < 4.78 is 0. The summed E-state index contributed by atoms with van der Waals surface area (Å²) in [6.45, 7) is 2.06. The molecule has 31 heavy (non-hydrogen) atoms. The van der Waals surface area contributed by atoms with Gasteiger partial charge in [0.2, 0.25) is 11.8 Å². The minimum atomic E-state index is -0.644. The van der Waals surface area contributed by atoms with E-state index in [0.717, 1.165) is 22.3 Å². The number of nitrogens with zero attached hydrogens (tertiary/aromatic N) is 2. The number of hydrogen-bond acceptors (Lipinski definition) is 4. The van der Waals surface area contributed by atoms with E-state index in [1.165, 1.54) is 23.1 Å². The van der Waals surface area contributed by atoms with Crippen LogP contribution in [0, 0.1) is 22.0 Å². The molecule has 0 saturated carbocycles. The predicted octanol–water partition coefficient (Wildman–Crippen LogP) is 4.17. The van der Waals surface area contributed by atoms with E-state index in [4.69, 9.17) is 0 Å². The third-order valence-electron chi connectivity index (χ3n) is 7.34. The highest BCUT2D eigenvalue weighted by molar-refractivity contribution is 6.23. The normalized spacial score (nSPS) is 27.6. The van der Waals surface area contributed by atoms with Gasteiger partial charge in [0.05, 0.1) is 22.4 Å². The Morgan fingerprint density at radius 2 is 1.48 bits per heavy atom. The van der Waals surface area contributed by atoms with Crippen molar-refractivity contribution in [1.82, 2.24) is 0 Å². The van der Waals surface area contributed by atoms with Crippen LogP contribution < -0.4 is 4.90 Å². The summed E-state index contributed by atoms with van der Waals surface area (Å²) in [6.07, 6.45) is 0. The van der Waals surface area contributed by atoms with Crippen LogP contribution in [0.4, 0.5) is 11.4 Å². The number of nitro benzene ring substituents is 1. The van der Waals surface area contributed by atoms with Crippen molar-refractivity contribution in [3.8, 4) is 0 Å². The van der Waals surface area contributed by atoms with Gasteiger partial charge in [-0.25, -0.2) is 4.90 Å². The van der Waals surface area contributed by atoms with Crippen molar-refractivity contribution in [2.75, 3.05) is 4.90 Å². The largest absolute Gasteiger partial charge is 0.274 e. The van der Waals surface area contributed by atoms with E-state index in [2.05, 4.69) is 31.2 Å². The van der Waals surface area contributed by atoms with Crippen LogP contribution in [0.15, 0.2) is 72.8 Å². The maximum Gasteiger partial charge on any atom is 0.271 e. The summed E-state index contributed by atoms with van der Waals surface area (Å²) in [5, 5.41) is 11.3. The van der Waals surface area contributed by atoms with Gasteiger partial charge in [0.15, 0.2) is 0 Å². The van der Waals surface area contributed by atoms with Crippen LogP contribution in [0.2, 0.25) is 0 Å². The van der Waals surface area contributed by atoms with E-state index in [9.17, 15) is 19.7 Å². The van der Waals surface area contributed by atoms with Gasteiger partial charge in [-0.2, -0.15) is 0 Å². The molecular formula is C25H18N2O4. The first-order chi connectivity index (χ1) is 14.9. The maximum atomic E-state index is 13.8. The quantitative estimate of drug-likeness (QED) is 0.361. The Labute approximate surface area is 178 Å². The van der Waals surface area contributed by atoms with Gasteiger partial charge in [-0.05, 0) is 28.3 Å². The van der Waals surface area contributed by atoms with E-state index in [0.29, 0.717) is 0 Å². The number of carbonyl (C=O) groups is 2. The lowest BCUT2D eigenvalue weighted by Gasteiger charge is -2.52. The number of amides is 2. The number of hydrogen-bond donors (Lipinski definition) is 0. The first-order valence-corrected chi connectivity index (χ1v) is 10.3. The summed E-state index contributed by atoms with van der Waals surface area (Å²) in [7, 11) is 0. The monoisotopic (exact) mass is 410 g/mol. The molecule has 6 heteroatoms. The second-order valence-electron chi connectivity index (χ2n) is 8.65. The summed E-state index contributed by atoms with van der Waals surface area (Å²) in [5.74, 6) is -1.85. The fourth-order valence-corrected chi connectivity index (χ4v) is 6.15. The van der Waals surface area contributed by atoms with Gasteiger partial charge in [-0.3, -0.25) is 19.7 Å². The van der Waals surface area contributed by atoms with Crippen LogP contribution in [0.1, 0.15) is 35.1 Å². The average molecular weight is 410 g/mol. The van der Waals surface area contributed by atoms with Crippen LogP contribution >= 0.6 is 0 Å². The molecule has 1 aliphatic heterocycles. The van der Waals surface area contributed by atoms with Crippen molar-refractivity contribution in [2.45, 2.75) is 18.3 Å². The lowest BCUT2D eigenvalue weighted by atomic mass is 9.48. The fraction of sp³-hybridized carbons (Fsp3) is 0.200. The van der Waals surface area contributed by atoms with Gasteiger partial charge in [-0.15, -0.1) is 0 Å². The Balaban J connectivity index is 1.58. The minimum Gasteiger partial charge on any atom is -0.274 e. The van der Waals surface area contributed by atoms with E-state index < -0.39 is 22.2 Å². The average Bonchev–Trinajstić information content (AvgIpc) is 3.06. The molecule has 2 bridgehead atoms. The molecule has 0 spiro atoms. The smallest absolute Gasteiger partial charge is 0.271 e.